The van der Waals surface area contributed by atoms with Crippen LogP contribution >= 0.6 is 0 Å². The van der Waals surface area contributed by atoms with Gasteiger partial charge in [0.15, 0.2) is 5.41 Å². The van der Waals surface area contributed by atoms with Crippen molar-refractivity contribution in [3.63, 3.8) is 0 Å². The molecule has 0 unspecified atom stereocenters. The molecule has 0 spiro atoms. The fraction of sp³-hybridized carbons (Fsp3) is 0.421. The number of carbonyl (C=O) groups is 3. The van der Waals surface area contributed by atoms with Crippen LogP contribution in [0.1, 0.15) is 17.5 Å². The first-order valence-electron chi connectivity index (χ1n) is 8.11. The molecule has 1 aromatic rings. The summed E-state index contributed by atoms with van der Waals surface area (Å²) in [6.45, 7) is 1.68. The molecule has 0 aliphatic carbocycles. The van der Waals surface area contributed by atoms with Gasteiger partial charge in [-0.3, -0.25) is 9.59 Å². The summed E-state index contributed by atoms with van der Waals surface area (Å²) in [5.41, 5.74) is -0.222. The Labute approximate surface area is 157 Å². The number of carbonyl (C=O) groups excluding carboxylic acids is 3. The van der Waals surface area contributed by atoms with Crippen LogP contribution in [-0.4, -0.2) is 51.1 Å². The summed E-state index contributed by atoms with van der Waals surface area (Å²) in [6.07, 6.45) is 2.16. The van der Waals surface area contributed by atoms with Crippen molar-refractivity contribution in [2.75, 3.05) is 27.9 Å². The van der Waals surface area contributed by atoms with Crippen LogP contribution in [-0.2, 0) is 35.0 Å². The highest BCUT2D eigenvalue weighted by molar-refractivity contribution is 6.00. The third-order valence-electron chi connectivity index (χ3n) is 4.07. The smallest absolute Gasteiger partial charge is 0.508 e. The van der Waals surface area contributed by atoms with E-state index < -0.39 is 23.5 Å². The molecule has 0 aliphatic rings. The molecule has 0 radical (unpaired) electrons. The number of aromatic hydroxyl groups is 1. The zero-order chi connectivity index (χ0) is 20.4. The summed E-state index contributed by atoms with van der Waals surface area (Å²) in [7, 11) is 3.56. The minimum atomic E-state index is -1.62. The predicted octanol–water partition coefficient (Wildman–Crippen LogP) is 2.30. The topological polar surface area (TPSA) is 108 Å². The lowest BCUT2D eigenvalue weighted by Crippen LogP contribution is -2.43. The molecule has 0 aromatic heterocycles. The second-order valence-corrected chi connectivity index (χ2v) is 5.79. The van der Waals surface area contributed by atoms with E-state index in [2.05, 4.69) is 4.74 Å². The highest BCUT2D eigenvalue weighted by Gasteiger charge is 2.47. The first-order valence-corrected chi connectivity index (χ1v) is 8.11. The van der Waals surface area contributed by atoms with Crippen molar-refractivity contribution in [3.05, 3.63) is 41.5 Å². The minimum absolute atomic E-state index is 0.0145. The van der Waals surface area contributed by atoms with Gasteiger partial charge in [-0.25, -0.2) is 4.79 Å². The molecule has 148 valence electrons. The van der Waals surface area contributed by atoms with Gasteiger partial charge in [0.05, 0.1) is 21.3 Å². The largest absolute Gasteiger partial charge is 0.508 e. The molecule has 8 nitrogen and oxygen atoms in total. The Kier molecular flexibility index (Phi) is 8.32. The fourth-order valence-corrected chi connectivity index (χ4v) is 2.59. The van der Waals surface area contributed by atoms with E-state index in [-0.39, 0.29) is 25.2 Å². The molecule has 8 heteroatoms. The third-order valence-corrected chi connectivity index (χ3v) is 4.07. The minimum Gasteiger partial charge on any atom is -0.508 e. The first-order chi connectivity index (χ1) is 12.8. The van der Waals surface area contributed by atoms with Gasteiger partial charge in [0.25, 0.3) is 0 Å². The number of phenols is 1. The van der Waals surface area contributed by atoms with E-state index in [1.54, 1.807) is 13.0 Å². The van der Waals surface area contributed by atoms with Crippen LogP contribution in [0.5, 0.6) is 5.75 Å². The Bertz CT molecular complexity index is 692. The van der Waals surface area contributed by atoms with Crippen LogP contribution in [0.15, 0.2) is 30.4 Å². The van der Waals surface area contributed by atoms with Gasteiger partial charge in [-0.05, 0) is 43.0 Å². The van der Waals surface area contributed by atoms with Crippen molar-refractivity contribution in [1.82, 2.24) is 0 Å². The first kappa shape index (κ1) is 22.0. The van der Waals surface area contributed by atoms with Crippen molar-refractivity contribution in [1.29, 1.82) is 0 Å². The number of ether oxygens (including phenoxy) is 4. The number of esters is 2. The summed E-state index contributed by atoms with van der Waals surface area (Å²) < 4.78 is 18.8. The average molecular weight is 380 g/mol. The molecule has 0 amide bonds. The Morgan fingerprint density at radius 2 is 1.67 bits per heavy atom. The van der Waals surface area contributed by atoms with Crippen LogP contribution in [0, 0.1) is 12.3 Å². The number of methoxy groups -OCH3 is 3. The molecule has 0 aliphatic heterocycles. The van der Waals surface area contributed by atoms with Crippen LogP contribution in [0.2, 0.25) is 0 Å². The Morgan fingerprint density at radius 3 is 2.19 bits per heavy atom. The lowest BCUT2D eigenvalue weighted by molar-refractivity contribution is -0.169. The van der Waals surface area contributed by atoms with Gasteiger partial charge in [-0.1, -0.05) is 18.2 Å². The highest BCUT2D eigenvalue weighted by atomic mass is 16.7. The Balaban J connectivity index is 3.13. The second-order valence-electron chi connectivity index (χ2n) is 5.79. The molecular weight excluding hydrogens is 356 g/mol. The number of hydrogen-bond acceptors (Lipinski definition) is 8. The standard InChI is InChI=1S/C19H24O8/c1-13-11-15(20)8-7-14(13)12-19(16(21)24-2,17(22)25-3)9-5-6-10-27-18(23)26-4/h5-8,11,20H,9-10,12H2,1-4H3/b6-5+. The number of phenolic OH excluding ortho intramolecular Hbond substituents is 1. The molecule has 1 rings (SSSR count). The van der Waals surface area contributed by atoms with Crippen LogP contribution in [0.4, 0.5) is 4.79 Å². The maximum Gasteiger partial charge on any atom is 0.508 e. The summed E-state index contributed by atoms with van der Waals surface area (Å²) >= 11 is 0. The Morgan fingerprint density at radius 1 is 1.04 bits per heavy atom. The van der Waals surface area contributed by atoms with Gasteiger partial charge in [-0.2, -0.15) is 0 Å². The van der Waals surface area contributed by atoms with E-state index >= 15 is 0 Å². The lowest BCUT2D eigenvalue weighted by Gasteiger charge is -2.28. The summed E-state index contributed by atoms with van der Waals surface area (Å²) in [5.74, 6) is -1.42. The van der Waals surface area contributed by atoms with E-state index in [4.69, 9.17) is 14.2 Å². The van der Waals surface area contributed by atoms with Crippen molar-refractivity contribution < 1.29 is 38.4 Å². The van der Waals surface area contributed by atoms with Crippen molar-refractivity contribution in [2.24, 2.45) is 5.41 Å². The van der Waals surface area contributed by atoms with Crippen LogP contribution in [0.3, 0.4) is 0 Å². The molecule has 0 saturated carbocycles. The molecule has 0 fully saturated rings. The maximum atomic E-state index is 12.5. The molecule has 0 atom stereocenters. The van der Waals surface area contributed by atoms with Crippen molar-refractivity contribution >= 4 is 18.1 Å². The number of rotatable bonds is 8. The van der Waals surface area contributed by atoms with Gasteiger partial charge in [-0.15, -0.1) is 0 Å². The Hall–Kier alpha value is -3.03. The number of benzene rings is 1. The number of hydrogen-bond donors (Lipinski definition) is 1. The van der Waals surface area contributed by atoms with E-state index in [0.717, 1.165) is 0 Å². The van der Waals surface area contributed by atoms with Gasteiger partial charge in [0.2, 0.25) is 0 Å². The molecular formula is C19H24O8. The molecule has 0 saturated heterocycles. The molecule has 0 heterocycles. The monoisotopic (exact) mass is 380 g/mol. The van der Waals surface area contributed by atoms with Crippen LogP contribution in [0.25, 0.3) is 0 Å². The molecule has 1 aromatic carbocycles. The fourth-order valence-electron chi connectivity index (χ4n) is 2.59. The van der Waals surface area contributed by atoms with Gasteiger partial charge >= 0.3 is 18.1 Å². The van der Waals surface area contributed by atoms with Crippen molar-refractivity contribution in [3.8, 4) is 5.75 Å². The zero-order valence-corrected chi connectivity index (χ0v) is 15.8. The summed E-state index contributed by atoms with van der Waals surface area (Å²) in [6, 6.07) is 4.64. The maximum absolute atomic E-state index is 12.5. The highest BCUT2D eigenvalue weighted by Crippen LogP contribution is 2.33. The normalized spacial score (nSPS) is 11.1. The molecule has 1 N–H and O–H groups in total. The van der Waals surface area contributed by atoms with E-state index in [1.807, 2.05) is 0 Å². The van der Waals surface area contributed by atoms with Crippen molar-refractivity contribution in [2.45, 2.75) is 19.8 Å². The van der Waals surface area contributed by atoms with Gasteiger partial charge < -0.3 is 24.1 Å². The summed E-state index contributed by atoms with van der Waals surface area (Å²) in [5, 5.41) is 9.57. The van der Waals surface area contributed by atoms with E-state index in [0.29, 0.717) is 11.1 Å². The molecule has 27 heavy (non-hydrogen) atoms. The summed E-state index contributed by atoms with van der Waals surface area (Å²) in [4.78, 5) is 36.0. The molecule has 0 bridgehead atoms. The number of allylic oxidation sites excluding steroid dienone is 1. The van der Waals surface area contributed by atoms with Gasteiger partial charge in [0.1, 0.15) is 12.4 Å². The van der Waals surface area contributed by atoms with E-state index in [1.165, 1.54) is 45.6 Å². The van der Waals surface area contributed by atoms with E-state index in [9.17, 15) is 19.5 Å². The second kappa shape index (κ2) is 10.2. The number of aryl methyl sites for hydroxylation is 1. The average Bonchev–Trinajstić information content (AvgIpc) is 2.66. The third kappa shape index (κ3) is 5.73. The van der Waals surface area contributed by atoms with Gasteiger partial charge in [0, 0.05) is 0 Å². The van der Waals surface area contributed by atoms with Crippen LogP contribution < -0.4 is 0 Å². The predicted molar refractivity (Wildman–Crippen MR) is 95.1 cm³/mol. The quantitative estimate of drug-likeness (QED) is 0.317. The lowest BCUT2D eigenvalue weighted by atomic mass is 9.77. The zero-order valence-electron chi connectivity index (χ0n) is 15.8. The SMILES string of the molecule is COC(=O)OC/C=C/CC(Cc1ccc(O)cc1C)(C(=O)OC)C(=O)OC.